The van der Waals surface area contributed by atoms with Crippen LogP contribution in [-0.4, -0.2) is 50.4 Å². The summed E-state index contributed by atoms with van der Waals surface area (Å²) in [6.07, 6.45) is 3.38. The van der Waals surface area contributed by atoms with Crippen molar-refractivity contribution in [2.45, 2.75) is 33.1 Å². The highest BCUT2D eigenvalue weighted by Crippen LogP contribution is 2.35. The zero-order valence-electron chi connectivity index (χ0n) is 15.8. The van der Waals surface area contributed by atoms with Crippen LogP contribution < -0.4 is 19.5 Å². The molecule has 26 heavy (non-hydrogen) atoms. The lowest BCUT2D eigenvalue weighted by Gasteiger charge is -2.32. The van der Waals surface area contributed by atoms with E-state index < -0.39 is 0 Å². The van der Waals surface area contributed by atoms with Gasteiger partial charge in [-0.05, 0) is 43.9 Å². The predicted octanol–water partition coefficient (Wildman–Crippen LogP) is 2.67. The van der Waals surface area contributed by atoms with Crippen molar-refractivity contribution in [3.05, 3.63) is 18.2 Å². The molecule has 1 amide bonds. The maximum absolute atomic E-state index is 11.7. The average Bonchev–Trinajstić information content (AvgIpc) is 3.11. The fourth-order valence-electron chi connectivity index (χ4n) is 3.41. The molecule has 1 aromatic carbocycles. The highest BCUT2D eigenvalue weighted by atomic mass is 16.7. The van der Waals surface area contributed by atoms with Crippen LogP contribution in [0.25, 0.3) is 0 Å². The molecule has 0 saturated carbocycles. The molecule has 2 aliphatic heterocycles. The standard InChI is InChI=1S/C20H30N2O4/c1-15(2)20(23)21-12-16-5-3-8-22(13-16)9-4-10-24-17-6-7-18-19(11-17)26-14-25-18/h6-7,11,15-16H,3-5,8-10,12-14H2,1-2H3,(H,21,23)/t16-/m0/s1. The summed E-state index contributed by atoms with van der Waals surface area (Å²) in [4.78, 5) is 14.2. The highest BCUT2D eigenvalue weighted by Gasteiger charge is 2.20. The van der Waals surface area contributed by atoms with Crippen LogP contribution in [0.2, 0.25) is 0 Å². The number of fused-ring (bicyclic) bond motifs is 1. The van der Waals surface area contributed by atoms with Crippen LogP contribution in [-0.2, 0) is 4.79 Å². The van der Waals surface area contributed by atoms with Gasteiger partial charge >= 0.3 is 0 Å². The minimum Gasteiger partial charge on any atom is -0.493 e. The maximum atomic E-state index is 11.7. The molecule has 0 radical (unpaired) electrons. The Labute approximate surface area is 155 Å². The Morgan fingerprint density at radius 3 is 3.04 bits per heavy atom. The van der Waals surface area contributed by atoms with Gasteiger partial charge in [0.1, 0.15) is 5.75 Å². The molecule has 1 fully saturated rings. The summed E-state index contributed by atoms with van der Waals surface area (Å²) in [5.41, 5.74) is 0. The number of ether oxygens (including phenoxy) is 3. The SMILES string of the molecule is CC(C)C(=O)NC[C@@H]1CCCN(CCCOc2ccc3c(c2)OCO3)C1. The van der Waals surface area contributed by atoms with Crippen LogP contribution in [0, 0.1) is 11.8 Å². The summed E-state index contributed by atoms with van der Waals surface area (Å²) in [6, 6.07) is 5.69. The molecular formula is C20H30N2O4. The van der Waals surface area contributed by atoms with E-state index in [1.54, 1.807) is 0 Å². The first-order valence-electron chi connectivity index (χ1n) is 9.64. The summed E-state index contributed by atoms with van der Waals surface area (Å²) in [5.74, 6) is 3.12. The van der Waals surface area contributed by atoms with E-state index >= 15 is 0 Å². The number of nitrogens with one attached hydrogen (secondary N) is 1. The minimum atomic E-state index is 0.0584. The summed E-state index contributed by atoms with van der Waals surface area (Å²) < 4.78 is 16.5. The number of rotatable bonds is 8. The summed E-state index contributed by atoms with van der Waals surface area (Å²) in [7, 11) is 0. The number of carbonyl (C=O) groups excluding carboxylic acids is 1. The normalized spacial score (nSPS) is 19.6. The first-order valence-corrected chi connectivity index (χ1v) is 9.64. The fraction of sp³-hybridized carbons (Fsp3) is 0.650. The van der Waals surface area contributed by atoms with Crippen molar-refractivity contribution in [1.29, 1.82) is 0 Å². The third kappa shape index (κ3) is 5.27. The zero-order valence-corrected chi connectivity index (χ0v) is 15.8. The quantitative estimate of drug-likeness (QED) is 0.721. The van der Waals surface area contributed by atoms with Crippen LogP contribution in [0.1, 0.15) is 33.1 Å². The van der Waals surface area contributed by atoms with Crippen molar-refractivity contribution in [3.63, 3.8) is 0 Å². The van der Waals surface area contributed by atoms with Crippen LogP contribution >= 0.6 is 0 Å². The number of nitrogens with zero attached hydrogens (tertiary/aromatic N) is 1. The topological polar surface area (TPSA) is 60.0 Å². The second kappa shape index (κ2) is 9.12. The van der Waals surface area contributed by atoms with E-state index in [-0.39, 0.29) is 18.6 Å². The monoisotopic (exact) mass is 362 g/mol. The number of benzene rings is 1. The molecule has 1 N–H and O–H groups in total. The third-order valence-electron chi connectivity index (χ3n) is 4.92. The lowest BCUT2D eigenvalue weighted by Crippen LogP contribution is -2.42. The van der Waals surface area contributed by atoms with E-state index in [1.165, 1.54) is 12.8 Å². The molecule has 1 atom stereocenters. The molecule has 0 aromatic heterocycles. The molecule has 1 aromatic rings. The van der Waals surface area contributed by atoms with Gasteiger partial charge in [0.25, 0.3) is 0 Å². The van der Waals surface area contributed by atoms with E-state index in [4.69, 9.17) is 14.2 Å². The Morgan fingerprint density at radius 1 is 1.35 bits per heavy atom. The molecule has 6 heteroatoms. The fourth-order valence-corrected chi connectivity index (χ4v) is 3.41. The van der Waals surface area contributed by atoms with Crippen molar-refractivity contribution in [3.8, 4) is 17.2 Å². The molecule has 2 aliphatic rings. The van der Waals surface area contributed by atoms with Gasteiger partial charge in [0.2, 0.25) is 12.7 Å². The molecule has 0 aliphatic carbocycles. The number of hydrogen-bond acceptors (Lipinski definition) is 5. The molecule has 1 saturated heterocycles. The summed E-state index contributed by atoms with van der Waals surface area (Å²) in [5, 5.41) is 3.07. The van der Waals surface area contributed by atoms with Crippen molar-refractivity contribution < 1.29 is 19.0 Å². The largest absolute Gasteiger partial charge is 0.493 e. The second-order valence-electron chi connectivity index (χ2n) is 7.43. The van der Waals surface area contributed by atoms with Crippen LogP contribution in [0.4, 0.5) is 0 Å². The Kier molecular flexibility index (Phi) is 6.61. The van der Waals surface area contributed by atoms with Crippen molar-refractivity contribution in [1.82, 2.24) is 10.2 Å². The zero-order chi connectivity index (χ0) is 18.4. The van der Waals surface area contributed by atoms with Gasteiger partial charge in [0.05, 0.1) is 6.61 Å². The van der Waals surface area contributed by atoms with Gasteiger partial charge in [0, 0.05) is 31.6 Å². The lowest BCUT2D eigenvalue weighted by atomic mass is 9.97. The second-order valence-corrected chi connectivity index (χ2v) is 7.43. The number of hydrogen-bond donors (Lipinski definition) is 1. The first-order chi connectivity index (χ1) is 12.6. The van der Waals surface area contributed by atoms with E-state index in [0.717, 1.165) is 49.8 Å². The molecule has 2 heterocycles. The van der Waals surface area contributed by atoms with Gasteiger partial charge in [-0.25, -0.2) is 0 Å². The molecular weight excluding hydrogens is 332 g/mol. The van der Waals surface area contributed by atoms with Gasteiger partial charge in [-0.2, -0.15) is 0 Å². The summed E-state index contributed by atoms with van der Waals surface area (Å²) in [6.45, 7) is 8.85. The van der Waals surface area contributed by atoms with Gasteiger partial charge in [-0.1, -0.05) is 13.8 Å². The third-order valence-corrected chi connectivity index (χ3v) is 4.92. The Bertz CT molecular complexity index is 605. The van der Waals surface area contributed by atoms with E-state index in [0.29, 0.717) is 12.5 Å². The Morgan fingerprint density at radius 2 is 2.19 bits per heavy atom. The van der Waals surface area contributed by atoms with Crippen LogP contribution in [0.15, 0.2) is 18.2 Å². The molecule has 3 rings (SSSR count). The maximum Gasteiger partial charge on any atom is 0.231 e. The van der Waals surface area contributed by atoms with E-state index in [2.05, 4.69) is 10.2 Å². The average molecular weight is 362 g/mol. The molecule has 0 bridgehead atoms. The van der Waals surface area contributed by atoms with E-state index in [1.807, 2.05) is 32.0 Å². The van der Waals surface area contributed by atoms with Gasteiger partial charge in [-0.15, -0.1) is 0 Å². The smallest absolute Gasteiger partial charge is 0.231 e. The molecule has 144 valence electrons. The van der Waals surface area contributed by atoms with Gasteiger partial charge < -0.3 is 24.4 Å². The van der Waals surface area contributed by atoms with Gasteiger partial charge in [0.15, 0.2) is 11.5 Å². The van der Waals surface area contributed by atoms with Crippen molar-refractivity contribution >= 4 is 5.91 Å². The summed E-state index contributed by atoms with van der Waals surface area (Å²) >= 11 is 0. The molecule has 0 spiro atoms. The molecule has 0 unspecified atom stereocenters. The number of piperidine rings is 1. The highest BCUT2D eigenvalue weighted by molar-refractivity contribution is 5.77. The predicted molar refractivity (Wildman–Crippen MR) is 99.7 cm³/mol. The number of likely N-dealkylation sites (tertiary alicyclic amines) is 1. The van der Waals surface area contributed by atoms with Gasteiger partial charge in [-0.3, -0.25) is 4.79 Å². The van der Waals surface area contributed by atoms with Crippen LogP contribution in [0.5, 0.6) is 17.2 Å². The Hall–Kier alpha value is -1.95. The Balaban J connectivity index is 1.33. The van der Waals surface area contributed by atoms with E-state index in [9.17, 15) is 4.79 Å². The molecule has 6 nitrogen and oxygen atoms in total. The lowest BCUT2D eigenvalue weighted by molar-refractivity contribution is -0.124. The minimum absolute atomic E-state index is 0.0584. The first kappa shape index (κ1) is 18.8. The number of carbonyl (C=O) groups is 1. The number of amides is 1. The van der Waals surface area contributed by atoms with Crippen LogP contribution in [0.3, 0.4) is 0 Å². The van der Waals surface area contributed by atoms with Crippen molar-refractivity contribution in [2.75, 3.05) is 39.6 Å². The van der Waals surface area contributed by atoms with Crippen molar-refractivity contribution in [2.24, 2.45) is 11.8 Å².